The van der Waals surface area contributed by atoms with Crippen LogP contribution >= 0.6 is 23.4 Å². The van der Waals surface area contributed by atoms with Gasteiger partial charge in [0.1, 0.15) is 11.3 Å². The Morgan fingerprint density at radius 1 is 1.15 bits per heavy atom. The highest BCUT2D eigenvalue weighted by molar-refractivity contribution is 7.98. The highest BCUT2D eigenvalue weighted by atomic mass is 35.5. The van der Waals surface area contributed by atoms with Gasteiger partial charge in [-0.25, -0.2) is 4.79 Å². The van der Waals surface area contributed by atoms with Crippen LogP contribution in [0, 0.1) is 0 Å². The molecule has 138 valence electrons. The van der Waals surface area contributed by atoms with E-state index >= 15 is 0 Å². The molecular weight excluding hydrogens is 374 g/mol. The molecule has 0 heterocycles. The van der Waals surface area contributed by atoms with Crippen LogP contribution in [-0.2, 0) is 16.1 Å². The van der Waals surface area contributed by atoms with Crippen LogP contribution in [-0.4, -0.2) is 43.8 Å². The lowest BCUT2D eigenvalue weighted by atomic mass is 10.2. The van der Waals surface area contributed by atoms with Gasteiger partial charge in [-0.05, 0) is 42.2 Å². The van der Waals surface area contributed by atoms with Gasteiger partial charge in [-0.15, -0.1) is 11.8 Å². The van der Waals surface area contributed by atoms with E-state index in [2.05, 4.69) is 0 Å². The van der Waals surface area contributed by atoms with Crippen LogP contribution in [0.2, 0.25) is 5.02 Å². The molecule has 0 fully saturated rings. The molecule has 26 heavy (non-hydrogen) atoms. The maximum Gasteiger partial charge on any atom is 0.342 e. The number of rotatable bonds is 7. The highest BCUT2D eigenvalue weighted by Gasteiger charge is 2.17. The molecule has 0 aliphatic carbocycles. The Kier molecular flexibility index (Phi) is 7.36. The summed E-state index contributed by atoms with van der Waals surface area (Å²) in [7, 11) is 3.14. The van der Waals surface area contributed by atoms with E-state index in [0.717, 1.165) is 10.5 Å². The van der Waals surface area contributed by atoms with Gasteiger partial charge in [0, 0.05) is 23.5 Å². The van der Waals surface area contributed by atoms with Crippen molar-refractivity contribution in [2.45, 2.75) is 11.4 Å². The van der Waals surface area contributed by atoms with Gasteiger partial charge in [0.15, 0.2) is 6.61 Å². The Labute approximate surface area is 162 Å². The van der Waals surface area contributed by atoms with Crippen LogP contribution < -0.4 is 4.74 Å². The first-order valence-corrected chi connectivity index (χ1v) is 9.42. The molecule has 1 amide bonds. The van der Waals surface area contributed by atoms with Crippen LogP contribution in [0.3, 0.4) is 0 Å². The van der Waals surface area contributed by atoms with E-state index in [-0.39, 0.29) is 12.5 Å². The molecule has 0 radical (unpaired) electrons. The first-order valence-electron chi connectivity index (χ1n) is 7.82. The van der Waals surface area contributed by atoms with Crippen molar-refractivity contribution in [3.8, 4) is 5.75 Å². The van der Waals surface area contributed by atoms with Gasteiger partial charge in [-0.3, -0.25) is 4.79 Å². The summed E-state index contributed by atoms with van der Waals surface area (Å²) >= 11 is 7.39. The average molecular weight is 394 g/mol. The third kappa shape index (κ3) is 5.41. The second-order valence-corrected chi connectivity index (χ2v) is 6.83. The number of carbonyl (C=O) groups is 2. The van der Waals surface area contributed by atoms with Gasteiger partial charge in [0.25, 0.3) is 5.91 Å². The third-order valence-corrected chi connectivity index (χ3v) is 4.69. The predicted octanol–water partition coefficient (Wildman–Crippen LogP) is 3.89. The second kappa shape index (κ2) is 9.50. The minimum absolute atomic E-state index is 0.290. The molecule has 0 saturated heterocycles. The number of nitrogens with zero attached hydrogens (tertiary/aromatic N) is 1. The van der Waals surface area contributed by atoms with Crippen LogP contribution in [0.1, 0.15) is 15.9 Å². The number of esters is 1. The third-order valence-electron chi connectivity index (χ3n) is 3.71. The van der Waals surface area contributed by atoms with E-state index in [9.17, 15) is 9.59 Å². The molecule has 0 atom stereocenters. The summed E-state index contributed by atoms with van der Waals surface area (Å²) in [6.07, 6.45) is 1.93. The summed E-state index contributed by atoms with van der Waals surface area (Å²) in [6.45, 7) is 0.0651. The number of carbonyl (C=O) groups excluding carboxylic acids is 2. The van der Waals surface area contributed by atoms with Crippen LogP contribution in [0.4, 0.5) is 0 Å². The minimum Gasteiger partial charge on any atom is -0.496 e. The molecule has 0 aromatic heterocycles. The highest BCUT2D eigenvalue weighted by Crippen LogP contribution is 2.25. The lowest BCUT2D eigenvalue weighted by molar-refractivity contribution is -0.133. The lowest BCUT2D eigenvalue weighted by Gasteiger charge is -2.17. The van der Waals surface area contributed by atoms with Crippen molar-refractivity contribution in [1.29, 1.82) is 0 Å². The van der Waals surface area contributed by atoms with Crippen molar-refractivity contribution in [3.05, 3.63) is 58.6 Å². The van der Waals surface area contributed by atoms with Gasteiger partial charge in [0.2, 0.25) is 0 Å². The maximum absolute atomic E-state index is 12.3. The minimum atomic E-state index is -0.595. The molecule has 0 unspecified atom stereocenters. The van der Waals surface area contributed by atoms with Gasteiger partial charge >= 0.3 is 5.97 Å². The first kappa shape index (κ1) is 20.1. The van der Waals surface area contributed by atoms with Crippen molar-refractivity contribution in [2.75, 3.05) is 27.0 Å². The number of ether oxygens (including phenoxy) is 2. The Bertz CT molecular complexity index is 780. The molecule has 0 aliphatic rings. The fraction of sp³-hybridized carbons (Fsp3) is 0.263. The molecule has 0 bridgehead atoms. The second-order valence-electron chi connectivity index (χ2n) is 5.52. The zero-order chi connectivity index (χ0) is 19.1. The normalized spacial score (nSPS) is 10.3. The molecule has 2 aromatic carbocycles. The molecule has 0 N–H and O–H groups in total. The maximum atomic E-state index is 12.3. The van der Waals surface area contributed by atoms with Crippen molar-refractivity contribution < 1.29 is 19.1 Å². The van der Waals surface area contributed by atoms with Crippen LogP contribution in [0.15, 0.2) is 47.4 Å². The lowest BCUT2D eigenvalue weighted by Crippen LogP contribution is -2.30. The summed E-state index contributed by atoms with van der Waals surface area (Å²) < 4.78 is 10.4. The van der Waals surface area contributed by atoms with E-state index in [1.807, 2.05) is 18.4 Å². The molecule has 5 nitrogen and oxygen atoms in total. The molecule has 2 aromatic rings. The van der Waals surface area contributed by atoms with Gasteiger partial charge in [0.05, 0.1) is 7.11 Å². The number of hydrogen-bond donors (Lipinski definition) is 0. The van der Waals surface area contributed by atoms with Crippen molar-refractivity contribution in [3.63, 3.8) is 0 Å². The number of halogens is 1. The summed E-state index contributed by atoms with van der Waals surface area (Å²) in [5.74, 6) is -0.473. The number of benzene rings is 2. The number of methoxy groups -OCH3 is 1. The number of hydrogen-bond acceptors (Lipinski definition) is 5. The topological polar surface area (TPSA) is 55.8 Å². The van der Waals surface area contributed by atoms with E-state index in [4.69, 9.17) is 21.1 Å². The van der Waals surface area contributed by atoms with Gasteiger partial charge in [-0.1, -0.05) is 23.7 Å². The summed E-state index contributed by atoms with van der Waals surface area (Å²) in [5, 5.41) is 0.637. The van der Waals surface area contributed by atoms with E-state index < -0.39 is 5.97 Å². The van der Waals surface area contributed by atoms with Crippen LogP contribution in [0.5, 0.6) is 5.75 Å². The Balaban J connectivity index is 1.93. The summed E-state index contributed by atoms with van der Waals surface area (Å²) in [5.41, 5.74) is 1.23. The number of thioether (sulfide) groups is 1. The Hall–Kier alpha value is -2.18. The monoisotopic (exact) mass is 393 g/mol. The molecule has 0 saturated carbocycles. The summed E-state index contributed by atoms with van der Waals surface area (Å²) in [4.78, 5) is 26.9. The largest absolute Gasteiger partial charge is 0.496 e. The van der Waals surface area contributed by atoms with Crippen molar-refractivity contribution in [1.82, 2.24) is 4.90 Å². The zero-order valence-corrected chi connectivity index (χ0v) is 16.4. The molecular formula is C19H20ClNO4S. The molecule has 0 spiro atoms. The smallest absolute Gasteiger partial charge is 0.342 e. The quantitative estimate of drug-likeness (QED) is 0.527. The first-order chi connectivity index (χ1) is 12.4. The molecule has 2 rings (SSSR count). The molecule has 7 heteroatoms. The van der Waals surface area contributed by atoms with Crippen LogP contribution in [0.25, 0.3) is 0 Å². The Morgan fingerprint density at radius 3 is 2.46 bits per heavy atom. The number of amides is 1. The predicted molar refractivity (Wildman–Crippen MR) is 103 cm³/mol. The SMILES string of the molecule is COc1cc(SC)ccc1C(=O)OCC(=O)N(C)Cc1ccc(Cl)cc1. The standard InChI is InChI=1S/C19H20ClNO4S/c1-21(11-13-4-6-14(20)7-5-13)18(22)12-25-19(23)16-9-8-15(26-3)10-17(16)24-2/h4-10H,11-12H2,1-3H3. The molecule has 0 aliphatic heterocycles. The van der Waals surface area contributed by atoms with E-state index in [1.165, 1.54) is 12.0 Å². The van der Waals surface area contributed by atoms with E-state index in [0.29, 0.717) is 22.9 Å². The summed E-state index contributed by atoms with van der Waals surface area (Å²) in [6, 6.07) is 12.4. The van der Waals surface area contributed by atoms with Gasteiger partial charge in [-0.2, -0.15) is 0 Å². The number of likely N-dealkylation sites (N-methyl/N-ethyl adjacent to an activating group) is 1. The van der Waals surface area contributed by atoms with Crippen molar-refractivity contribution >= 4 is 35.2 Å². The van der Waals surface area contributed by atoms with Crippen molar-refractivity contribution in [2.24, 2.45) is 0 Å². The van der Waals surface area contributed by atoms with E-state index in [1.54, 1.807) is 49.1 Å². The zero-order valence-electron chi connectivity index (χ0n) is 14.8. The fourth-order valence-corrected chi connectivity index (χ4v) is 2.79. The fourth-order valence-electron chi connectivity index (χ4n) is 2.23. The van der Waals surface area contributed by atoms with Gasteiger partial charge < -0.3 is 14.4 Å². The average Bonchev–Trinajstić information content (AvgIpc) is 2.66. The Morgan fingerprint density at radius 2 is 1.85 bits per heavy atom.